The van der Waals surface area contributed by atoms with Crippen LogP contribution in [0.5, 0.6) is 0 Å². The maximum Gasteiger partial charge on any atom is 0.0835 e. The molecule has 0 saturated heterocycles. The van der Waals surface area contributed by atoms with Crippen molar-refractivity contribution in [2.45, 2.75) is 53.1 Å². The number of para-hydroxylation sites is 1. The predicted molar refractivity (Wildman–Crippen MR) is 89.3 cm³/mol. The molecule has 0 bridgehead atoms. The zero-order chi connectivity index (χ0) is 15.4. The minimum absolute atomic E-state index is 0.461. The van der Waals surface area contributed by atoms with Gasteiger partial charge in [-0.25, -0.2) is 4.68 Å². The molecular formula is C17H24ClN3. The zero-order valence-electron chi connectivity index (χ0n) is 13.3. The molecule has 0 unspecified atom stereocenters. The van der Waals surface area contributed by atoms with Crippen molar-refractivity contribution < 1.29 is 0 Å². The molecule has 0 aliphatic rings. The average Bonchev–Trinajstić information content (AvgIpc) is 2.83. The third-order valence-electron chi connectivity index (χ3n) is 3.61. The van der Waals surface area contributed by atoms with Gasteiger partial charge in [-0.15, -0.1) is 0 Å². The molecule has 1 aromatic heterocycles. The molecule has 3 nitrogen and oxygen atoms in total. The molecule has 0 aliphatic heterocycles. The van der Waals surface area contributed by atoms with E-state index in [2.05, 4.69) is 33.0 Å². The first kappa shape index (κ1) is 16.1. The molecule has 4 heteroatoms. The van der Waals surface area contributed by atoms with Gasteiger partial charge >= 0.3 is 0 Å². The molecule has 2 aromatic rings. The van der Waals surface area contributed by atoms with Gasteiger partial charge in [-0.3, -0.25) is 0 Å². The van der Waals surface area contributed by atoms with Crippen LogP contribution in [0.25, 0.3) is 5.69 Å². The van der Waals surface area contributed by atoms with Crippen LogP contribution >= 0.6 is 11.6 Å². The van der Waals surface area contributed by atoms with Gasteiger partial charge in [0.25, 0.3) is 0 Å². The fraction of sp³-hybridized carbons (Fsp3) is 0.471. The van der Waals surface area contributed by atoms with Crippen LogP contribution in [0.2, 0.25) is 5.02 Å². The van der Waals surface area contributed by atoms with E-state index in [1.165, 1.54) is 11.3 Å². The van der Waals surface area contributed by atoms with Crippen molar-refractivity contribution in [2.75, 3.05) is 0 Å². The maximum absolute atomic E-state index is 6.34. The van der Waals surface area contributed by atoms with Crippen molar-refractivity contribution in [3.63, 3.8) is 0 Å². The van der Waals surface area contributed by atoms with Crippen molar-refractivity contribution >= 4 is 11.6 Å². The molecule has 0 saturated carbocycles. The van der Waals surface area contributed by atoms with Crippen LogP contribution in [0.4, 0.5) is 0 Å². The van der Waals surface area contributed by atoms with E-state index in [-0.39, 0.29) is 0 Å². The summed E-state index contributed by atoms with van der Waals surface area (Å²) in [5.74, 6) is 0. The lowest BCUT2D eigenvalue weighted by atomic mass is 10.1. The van der Waals surface area contributed by atoms with E-state index in [1.807, 2.05) is 28.9 Å². The lowest BCUT2D eigenvalue weighted by Gasteiger charge is -2.11. The molecule has 0 fully saturated rings. The molecule has 0 aliphatic carbocycles. The number of nitrogens with one attached hydrogen (secondary N) is 1. The minimum atomic E-state index is 0.461. The van der Waals surface area contributed by atoms with Crippen molar-refractivity contribution in [2.24, 2.45) is 0 Å². The fourth-order valence-electron chi connectivity index (χ4n) is 2.52. The van der Waals surface area contributed by atoms with Gasteiger partial charge in [0, 0.05) is 23.8 Å². The fourth-order valence-corrected chi connectivity index (χ4v) is 2.73. The zero-order valence-corrected chi connectivity index (χ0v) is 14.0. The number of aryl methyl sites for hydroxylation is 1. The summed E-state index contributed by atoms with van der Waals surface area (Å²) >= 11 is 6.34. The smallest absolute Gasteiger partial charge is 0.0835 e. The molecular weight excluding hydrogens is 282 g/mol. The number of halogens is 1. The predicted octanol–water partition coefficient (Wildman–Crippen LogP) is 4.15. The van der Waals surface area contributed by atoms with E-state index in [4.69, 9.17) is 16.7 Å². The Morgan fingerprint density at radius 3 is 2.48 bits per heavy atom. The van der Waals surface area contributed by atoms with Gasteiger partial charge in [0.1, 0.15) is 0 Å². The quantitative estimate of drug-likeness (QED) is 0.869. The van der Waals surface area contributed by atoms with Crippen molar-refractivity contribution in [1.82, 2.24) is 15.1 Å². The van der Waals surface area contributed by atoms with Gasteiger partial charge in [-0.2, -0.15) is 5.10 Å². The van der Waals surface area contributed by atoms with Gasteiger partial charge < -0.3 is 5.32 Å². The Labute approximate surface area is 132 Å². The number of nitrogens with zero attached hydrogens (tertiary/aromatic N) is 2. The Hall–Kier alpha value is -1.32. The summed E-state index contributed by atoms with van der Waals surface area (Å²) in [6.07, 6.45) is 1.87. The Kier molecular flexibility index (Phi) is 5.43. The van der Waals surface area contributed by atoms with Crippen LogP contribution in [-0.4, -0.2) is 15.8 Å². The largest absolute Gasteiger partial charge is 0.310 e. The van der Waals surface area contributed by atoms with Gasteiger partial charge in [0.2, 0.25) is 0 Å². The Morgan fingerprint density at radius 2 is 1.90 bits per heavy atom. The maximum atomic E-state index is 6.34. The third-order valence-corrected chi connectivity index (χ3v) is 3.93. The summed E-state index contributed by atoms with van der Waals surface area (Å²) in [4.78, 5) is 0. The summed E-state index contributed by atoms with van der Waals surface area (Å²) in [6, 6.07) is 8.34. The SMILES string of the molecule is CCc1nn(-c2ccccc2Cl)c(CC)c1CNC(C)C. The number of rotatable bonds is 6. The highest BCUT2D eigenvalue weighted by molar-refractivity contribution is 6.32. The van der Waals surface area contributed by atoms with E-state index >= 15 is 0 Å². The minimum Gasteiger partial charge on any atom is -0.310 e. The summed E-state index contributed by atoms with van der Waals surface area (Å²) in [7, 11) is 0. The summed E-state index contributed by atoms with van der Waals surface area (Å²) in [5, 5.41) is 9.04. The van der Waals surface area contributed by atoms with Crippen LogP contribution in [0.3, 0.4) is 0 Å². The first-order valence-electron chi connectivity index (χ1n) is 7.66. The molecule has 1 N–H and O–H groups in total. The number of aromatic nitrogens is 2. The second-order valence-electron chi connectivity index (χ2n) is 5.48. The molecule has 0 amide bonds. The molecule has 114 valence electrons. The molecule has 1 heterocycles. The van der Waals surface area contributed by atoms with E-state index in [9.17, 15) is 0 Å². The highest BCUT2D eigenvalue weighted by Gasteiger charge is 2.17. The highest BCUT2D eigenvalue weighted by atomic mass is 35.5. The Balaban J connectivity index is 2.50. The monoisotopic (exact) mass is 305 g/mol. The van der Waals surface area contributed by atoms with Crippen LogP contribution < -0.4 is 5.32 Å². The molecule has 2 rings (SSSR count). The van der Waals surface area contributed by atoms with Gasteiger partial charge in [0.05, 0.1) is 16.4 Å². The van der Waals surface area contributed by atoms with Gasteiger partial charge in [-0.1, -0.05) is 51.4 Å². The molecule has 21 heavy (non-hydrogen) atoms. The van der Waals surface area contributed by atoms with E-state index in [0.29, 0.717) is 6.04 Å². The summed E-state index contributed by atoms with van der Waals surface area (Å²) < 4.78 is 2.01. The normalized spacial score (nSPS) is 11.3. The van der Waals surface area contributed by atoms with Crippen molar-refractivity contribution in [1.29, 1.82) is 0 Å². The Morgan fingerprint density at radius 1 is 1.19 bits per heavy atom. The van der Waals surface area contributed by atoms with E-state index < -0.39 is 0 Å². The lowest BCUT2D eigenvalue weighted by Crippen LogP contribution is -2.23. The van der Waals surface area contributed by atoms with Crippen LogP contribution in [0.15, 0.2) is 24.3 Å². The van der Waals surface area contributed by atoms with E-state index in [1.54, 1.807) is 0 Å². The molecule has 0 spiro atoms. The lowest BCUT2D eigenvalue weighted by molar-refractivity contribution is 0.584. The number of hydrogen-bond acceptors (Lipinski definition) is 2. The van der Waals surface area contributed by atoms with Crippen LogP contribution in [0, 0.1) is 0 Å². The second kappa shape index (κ2) is 7.10. The Bertz CT molecular complexity index is 602. The summed E-state index contributed by atoms with van der Waals surface area (Å²) in [5.41, 5.74) is 4.67. The number of benzene rings is 1. The standard InChI is InChI=1S/C17H24ClN3/c1-5-15-13(11-19-12(3)4)16(6-2)21(20-15)17-10-8-7-9-14(17)18/h7-10,12,19H,5-6,11H2,1-4H3. The molecule has 0 atom stereocenters. The molecule has 1 aromatic carbocycles. The van der Waals surface area contributed by atoms with Crippen molar-refractivity contribution in [3.05, 3.63) is 46.2 Å². The van der Waals surface area contributed by atoms with E-state index in [0.717, 1.165) is 35.8 Å². The van der Waals surface area contributed by atoms with Crippen molar-refractivity contribution in [3.8, 4) is 5.69 Å². The van der Waals surface area contributed by atoms with Gasteiger partial charge in [-0.05, 0) is 25.0 Å². The topological polar surface area (TPSA) is 29.9 Å². The summed E-state index contributed by atoms with van der Waals surface area (Å²) in [6.45, 7) is 9.50. The number of hydrogen-bond donors (Lipinski definition) is 1. The average molecular weight is 306 g/mol. The second-order valence-corrected chi connectivity index (χ2v) is 5.89. The van der Waals surface area contributed by atoms with Crippen LogP contribution in [0.1, 0.15) is 44.6 Å². The van der Waals surface area contributed by atoms with Crippen LogP contribution in [-0.2, 0) is 19.4 Å². The highest BCUT2D eigenvalue weighted by Crippen LogP contribution is 2.25. The first-order chi connectivity index (χ1) is 10.1. The van der Waals surface area contributed by atoms with Gasteiger partial charge in [0.15, 0.2) is 0 Å². The first-order valence-corrected chi connectivity index (χ1v) is 8.04. The third kappa shape index (κ3) is 3.47. The molecule has 0 radical (unpaired) electrons.